The first-order valence-corrected chi connectivity index (χ1v) is 7.23. The summed E-state index contributed by atoms with van der Waals surface area (Å²) in [6, 6.07) is 12.5. The summed E-state index contributed by atoms with van der Waals surface area (Å²) >= 11 is 0. The van der Waals surface area contributed by atoms with Crippen LogP contribution in [-0.4, -0.2) is 16.5 Å². The first-order chi connectivity index (χ1) is 10.8. The number of fused-ring (bicyclic) bond motifs is 1. The van der Waals surface area contributed by atoms with Crippen molar-refractivity contribution in [2.75, 3.05) is 11.4 Å². The summed E-state index contributed by atoms with van der Waals surface area (Å²) < 4.78 is 0. The number of aromatic nitrogens is 2. The molecule has 0 amide bonds. The molecule has 4 rings (SSSR count). The van der Waals surface area contributed by atoms with Crippen LogP contribution >= 0.6 is 0 Å². The van der Waals surface area contributed by atoms with Crippen molar-refractivity contribution in [2.45, 2.75) is 0 Å². The summed E-state index contributed by atoms with van der Waals surface area (Å²) in [6.45, 7) is 0.677. The Bertz CT molecular complexity index is 874. The van der Waals surface area contributed by atoms with Gasteiger partial charge in [-0.1, -0.05) is 0 Å². The van der Waals surface area contributed by atoms with Crippen molar-refractivity contribution in [3.63, 3.8) is 0 Å². The van der Waals surface area contributed by atoms with Crippen LogP contribution in [0.2, 0.25) is 0 Å². The zero-order valence-corrected chi connectivity index (χ0v) is 12.0. The van der Waals surface area contributed by atoms with Crippen LogP contribution in [0.3, 0.4) is 0 Å². The Morgan fingerprint density at radius 2 is 2.09 bits per heavy atom. The molecular weight excluding hydrogens is 272 g/mol. The Labute approximate surface area is 128 Å². The Morgan fingerprint density at radius 1 is 1.14 bits per heavy atom. The minimum absolute atomic E-state index is 0.677. The molecule has 0 aliphatic carbocycles. The molecule has 0 bridgehead atoms. The highest BCUT2D eigenvalue weighted by Gasteiger charge is 2.18. The van der Waals surface area contributed by atoms with Gasteiger partial charge in [-0.25, -0.2) is 0 Å². The number of anilines is 1. The number of nitrogens with two attached hydrogens (primary N) is 1. The van der Waals surface area contributed by atoms with Gasteiger partial charge < -0.3 is 15.6 Å². The largest absolute Gasteiger partial charge is 0.401 e. The number of pyridine rings is 1. The molecule has 1 aliphatic heterocycles. The van der Waals surface area contributed by atoms with E-state index in [0.717, 1.165) is 28.2 Å². The monoisotopic (exact) mass is 288 g/mol. The van der Waals surface area contributed by atoms with Crippen molar-refractivity contribution in [3.8, 4) is 0 Å². The number of hydrogen-bond donors (Lipinski definition) is 2. The van der Waals surface area contributed by atoms with E-state index in [1.807, 2.05) is 24.5 Å². The topological polar surface area (TPSA) is 57.9 Å². The van der Waals surface area contributed by atoms with E-state index in [1.165, 1.54) is 5.39 Å². The molecule has 0 saturated heterocycles. The molecule has 4 nitrogen and oxygen atoms in total. The number of nitrogens with one attached hydrogen (secondary N) is 1. The Kier molecular flexibility index (Phi) is 2.93. The van der Waals surface area contributed by atoms with Gasteiger partial charge in [0.15, 0.2) is 0 Å². The van der Waals surface area contributed by atoms with E-state index in [2.05, 4.69) is 51.3 Å². The van der Waals surface area contributed by atoms with Crippen molar-refractivity contribution in [1.29, 1.82) is 0 Å². The predicted molar refractivity (Wildman–Crippen MR) is 90.1 cm³/mol. The van der Waals surface area contributed by atoms with Crippen molar-refractivity contribution in [1.82, 2.24) is 9.97 Å². The molecule has 3 aromatic rings. The summed E-state index contributed by atoms with van der Waals surface area (Å²) in [5, 5.41) is 1.19. The van der Waals surface area contributed by atoms with Gasteiger partial charge in [0.05, 0.1) is 12.2 Å². The Hall–Kier alpha value is -3.01. The standard InChI is InChI=1S/C18H16N4/c19-15-3-6-18(14-2-1-8-20-11-14)22(12-15)16-4-5-17-13(10-16)7-9-21-17/h1-11,21H,12,19H2. The molecule has 3 heterocycles. The summed E-state index contributed by atoms with van der Waals surface area (Å²) in [5.41, 5.74) is 11.3. The van der Waals surface area contributed by atoms with Gasteiger partial charge in [0.2, 0.25) is 0 Å². The van der Waals surface area contributed by atoms with Crippen molar-refractivity contribution in [3.05, 3.63) is 78.4 Å². The van der Waals surface area contributed by atoms with Gasteiger partial charge in [-0.2, -0.15) is 0 Å². The van der Waals surface area contributed by atoms with E-state index >= 15 is 0 Å². The second kappa shape index (κ2) is 5.07. The zero-order chi connectivity index (χ0) is 14.9. The summed E-state index contributed by atoms with van der Waals surface area (Å²) in [4.78, 5) is 9.67. The van der Waals surface area contributed by atoms with Crippen LogP contribution in [0.5, 0.6) is 0 Å². The fraction of sp³-hybridized carbons (Fsp3) is 0.0556. The third kappa shape index (κ3) is 2.15. The van der Waals surface area contributed by atoms with E-state index in [1.54, 1.807) is 6.20 Å². The second-order valence-corrected chi connectivity index (χ2v) is 5.37. The SMILES string of the molecule is NC1=CC=C(c2cccnc2)N(c2ccc3[nH]ccc3c2)C1. The van der Waals surface area contributed by atoms with Crippen LogP contribution in [0.1, 0.15) is 5.56 Å². The van der Waals surface area contributed by atoms with Crippen molar-refractivity contribution < 1.29 is 0 Å². The maximum Gasteiger partial charge on any atom is 0.0626 e. The number of hydrogen-bond acceptors (Lipinski definition) is 3. The molecule has 1 aliphatic rings. The second-order valence-electron chi connectivity index (χ2n) is 5.37. The lowest BCUT2D eigenvalue weighted by Gasteiger charge is -2.30. The molecular formula is C18H16N4. The fourth-order valence-electron chi connectivity index (χ4n) is 2.80. The molecule has 0 spiro atoms. The number of rotatable bonds is 2. The number of aromatic amines is 1. The third-order valence-corrected chi connectivity index (χ3v) is 3.89. The van der Waals surface area contributed by atoms with Crippen LogP contribution in [0, 0.1) is 0 Å². The summed E-state index contributed by atoms with van der Waals surface area (Å²) in [6.07, 6.45) is 9.64. The summed E-state index contributed by atoms with van der Waals surface area (Å²) in [7, 11) is 0. The number of benzene rings is 1. The number of allylic oxidation sites excluding steroid dienone is 2. The third-order valence-electron chi connectivity index (χ3n) is 3.89. The van der Waals surface area contributed by atoms with Crippen molar-refractivity contribution in [2.24, 2.45) is 5.73 Å². The maximum absolute atomic E-state index is 6.05. The van der Waals surface area contributed by atoms with E-state index in [0.29, 0.717) is 6.54 Å². The van der Waals surface area contributed by atoms with Crippen LogP contribution in [0.15, 0.2) is 72.8 Å². The van der Waals surface area contributed by atoms with Crippen LogP contribution in [0.25, 0.3) is 16.6 Å². The van der Waals surface area contributed by atoms with Gasteiger partial charge in [-0.15, -0.1) is 0 Å². The molecule has 2 aromatic heterocycles. The highest BCUT2D eigenvalue weighted by atomic mass is 15.2. The molecule has 1 aromatic carbocycles. The van der Waals surface area contributed by atoms with E-state index in [4.69, 9.17) is 5.73 Å². The average Bonchev–Trinajstić information content (AvgIpc) is 3.03. The average molecular weight is 288 g/mol. The quantitative estimate of drug-likeness (QED) is 0.761. The first kappa shape index (κ1) is 12.7. The Morgan fingerprint density at radius 3 is 2.95 bits per heavy atom. The van der Waals surface area contributed by atoms with E-state index in [-0.39, 0.29) is 0 Å². The van der Waals surface area contributed by atoms with Gasteiger partial charge in [-0.3, -0.25) is 4.98 Å². The van der Waals surface area contributed by atoms with Crippen LogP contribution < -0.4 is 10.6 Å². The number of nitrogens with zero attached hydrogens (tertiary/aromatic N) is 2. The molecule has 108 valence electrons. The molecule has 0 saturated carbocycles. The summed E-state index contributed by atoms with van der Waals surface area (Å²) in [5.74, 6) is 0. The predicted octanol–water partition coefficient (Wildman–Crippen LogP) is 3.27. The smallest absolute Gasteiger partial charge is 0.0626 e. The van der Waals surface area contributed by atoms with Crippen LogP contribution in [0.4, 0.5) is 5.69 Å². The molecule has 0 radical (unpaired) electrons. The molecule has 0 fully saturated rings. The minimum atomic E-state index is 0.677. The maximum atomic E-state index is 6.05. The van der Waals surface area contributed by atoms with E-state index in [9.17, 15) is 0 Å². The molecule has 0 unspecified atom stereocenters. The number of H-pyrrole nitrogens is 1. The molecule has 4 heteroatoms. The Balaban J connectivity index is 1.81. The van der Waals surface area contributed by atoms with E-state index < -0.39 is 0 Å². The minimum Gasteiger partial charge on any atom is -0.401 e. The van der Waals surface area contributed by atoms with Gasteiger partial charge >= 0.3 is 0 Å². The highest BCUT2D eigenvalue weighted by Crippen LogP contribution is 2.31. The normalized spacial score (nSPS) is 14.8. The first-order valence-electron chi connectivity index (χ1n) is 7.23. The lowest BCUT2D eigenvalue weighted by Crippen LogP contribution is -2.29. The van der Waals surface area contributed by atoms with Crippen molar-refractivity contribution >= 4 is 22.3 Å². The lowest BCUT2D eigenvalue weighted by molar-refractivity contribution is 1.01. The van der Waals surface area contributed by atoms with Gasteiger partial charge in [0.25, 0.3) is 0 Å². The van der Waals surface area contributed by atoms with Gasteiger partial charge in [0.1, 0.15) is 0 Å². The lowest BCUT2D eigenvalue weighted by atomic mass is 10.1. The molecule has 3 N–H and O–H groups in total. The highest BCUT2D eigenvalue weighted by molar-refractivity contribution is 5.88. The van der Waals surface area contributed by atoms with Gasteiger partial charge in [0, 0.05) is 46.4 Å². The van der Waals surface area contributed by atoms with Gasteiger partial charge in [-0.05, 0) is 48.6 Å². The molecule has 22 heavy (non-hydrogen) atoms. The zero-order valence-electron chi connectivity index (χ0n) is 12.0. The molecule has 0 atom stereocenters. The van der Waals surface area contributed by atoms with Crippen LogP contribution in [-0.2, 0) is 0 Å². The fourth-order valence-corrected chi connectivity index (χ4v) is 2.80.